The molecule has 0 aliphatic carbocycles. The number of ether oxygens (including phenoxy) is 2. The highest BCUT2D eigenvalue weighted by Crippen LogP contribution is 2.23. The summed E-state index contributed by atoms with van der Waals surface area (Å²) in [5.41, 5.74) is 1.57. The molecule has 1 heterocycles. The molecule has 2 unspecified atom stereocenters. The molecular formula is C20H20Cl4O4. The third kappa shape index (κ3) is 7.20. The fraction of sp³-hybridized carbons (Fsp3) is 0.350. The van der Waals surface area contributed by atoms with E-state index in [1.807, 2.05) is 6.07 Å². The lowest BCUT2D eigenvalue weighted by molar-refractivity contribution is -0.121. The third-order valence-electron chi connectivity index (χ3n) is 4.04. The number of aliphatic hydroxyl groups is 1. The van der Waals surface area contributed by atoms with Crippen molar-refractivity contribution >= 4 is 52.2 Å². The summed E-state index contributed by atoms with van der Waals surface area (Å²) >= 11 is 23.1. The van der Waals surface area contributed by atoms with Crippen LogP contribution in [0.15, 0.2) is 36.4 Å². The largest absolute Gasteiger partial charge is 0.392 e. The van der Waals surface area contributed by atoms with Crippen LogP contribution in [-0.4, -0.2) is 29.7 Å². The second-order valence-electron chi connectivity index (χ2n) is 6.22. The first-order valence-corrected chi connectivity index (χ1v) is 10.1. The highest BCUT2D eigenvalue weighted by Gasteiger charge is 2.29. The van der Waals surface area contributed by atoms with Crippen molar-refractivity contribution in [2.75, 3.05) is 6.61 Å². The van der Waals surface area contributed by atoms with Gasteiger partial charge in [0.05, 0.1) is 25.9 Å². The molecule has 152 valence electrons. The number of Topliss-reactive ketones (excluding diaryl/α,β-unsaturated/α-hetero) is 1. The first kappa shape index (κ1) is 23.4. The zero-order valence-corrected chi connectivity index (χ0v) is 18.2. The summed E-state index contributed by atoms with van der Waals surface area (Å²) in [6.07, 6.45) is -0.0218. The van der Waals surface area contributed by atoms with Gasteiger partial charge in [-0.1, -0.05) is 58.5 Å². The van der Waals surface area contributed by atoms with E-state index in [1.165, 1.54) is 0 Å². The van der Waals surface area contributed by atoms with Gasteiger partial charge in [-0.05, 0) is 42.3 Å². The number of ketones is 1. The van der Waals surface area contributed by atoms with Gasteiger partial charge in [0.2, 0.25) is 0 Å². The number of carbonyl (C=O) groups excluding carboxylic acids is 1. The molecule has 2 atom stereocenters. The number of rotatable bonds is 5. The van der Waals surface area contributed by atoms with E-state index < -0.39 is 0 Å². The molecule has 1 N–H and O–H groups in total. The molecule has 4 nitrogen and oxygen atoms in total. The molecule has 0 spiro atoms. The van der Waals surface area contributed by atoms with Crippen LogP contribution in [0, 0.1) is 0 Å². The second-order valence-corrected chi connectivity index (χ2v) is 7.90. The van der Waals surface area contributed by atoms with Crippen LogP contribution in [0.1, 0.15) is 24.5 Å². The monoisotopic (exact) mass is 464 g/mol. The van der Waals surface area contributed by atoms with E-state index in [4.69, 9.17) is 61.0 Å². The zero-order chi connectivity index (χ0) is 20.7. The van der Waals surface area contributed by atoms with Gasteiger partial charge in [-0.25, -0.2) is 0 Å². The molecule has 1 aliphatic heterocycles. The lowest BCUT2D eigenvalue weighted by atomic mass is 10.2. The Balaban J connectivity index is 0.000000237. The quantitative estimate of drug-likeness (QED) is 0.611. The highest BCUT2D eigenvalue weighted by atomic mass is 35.5. The lowest BCUT2D eigenvalue weighted by Crippen LogP contribution is -2.15. The number of hydrogen-bond donors (Lipinski definition) is 1. The molecule has 2 aromatic rings. The summed E-state index contributed by atoms with van der Waals surface area (Å²) in [6.45, 7) is 2.50. The van der Waals surface area contributed by atoms with Gasteiger partial charge >= 0.3 is 0 Å². The van der Waals surface area contributed by atoms with Crippen molar-refractivity contribution < 1.29 is 19.4 Å². The van der Waals surface area contributed by atoms with Gasteiger partial charge < -0.3 is 14.6 Å². The third-order valence-corrected chi connectivity index (χ3v) is 5.21. The van der Waals surface area contributed by atoms with E-state index >= 15 is 0 Å². The van der Waals surface area contributed by atoms with Gasteiger partial charge in [0.1, 0.15) is 6.10 Å². The van der Waals surface area contributed by atoms with Crippen LogP contribution in [0.3, 0.4) is 0 Å². The van der Waals surface area contributed by atoms with E-state index in [0.717, 1.165) is 5.56 Å². The van der Waals surface area contributed by atoms with E-state index in [0.29, 0.717) is 45.3 Å². The first-order valence-electron chi connectivity index (χ1n) is 8.54. The number of halogens is 4. The van der Waals surface area contributed by atoms with Gasteiger partial charge in [0.15, 0.2) is 5.78 Å². The molecule has 0 aromatic heterocycles. The van der Waals surface area contributed by atoms with Crippen LogP contribution >= 0.6 is 46.4 Å². The Morgan fingerprint density at radius 1 is 1.04 bits per heavy atom. The molecule has 1 fully saturated rings. The SMILES string of the molecule is CC1OC(COCc2ccc(Cl)cc2Cl)CC1=O.OCc1ccc(Cl)cc1Cl. The fourth-order valence-corrected chi connectivity index (χ4v) is 3.42. The zero-order valence-electron chi connectivity index (χ0n) is 15.1. The number of aliphatic hydroxyl groups excluding tert-OH is 1. The van der Waals surface area contributed by atoms with Gasteiger partial charge in [0.25, 0.3) is 0 Å². The minimum absolute atomic E-state index is 0.0456. The maximum Gasteiger partial charge on any atom is 0.163 e. The van der Waals surface area contributed by atoms with Crippen molar-refractivity contribution in [3.8, 4) is 0 Å². The van der Waals surface area contributed by atoms with E-state index in [9.17, 15) is 4.79 Å². The molecule has 8 heteroatoms. The molecule has 2 aromatic carbocycles. The Morgan fingerprint density at radius 2 is 1.61 bits per heavy atom. The van der Waals surface area contributed by atoms with Gasteiger partial charge in [-0.15, -0.1) is 0 Å². The summed E-state index contributed by atoms with van der Waals surface area (Å²) in [4.78, 5) is 11.3. The smallest absolute Gasteiger partial charge is 0.163 e. The number of benzene rings is 2. The summed E-state index contributed by atoms with van der Waals surface area (Å²) in [7, 11) is 0. The summed E-state index contributed by atoms with van der Waals surface area (Å²) in [5.74, 6) is 0.133. The molecule has 3 rings (SSSR count). The summed E-state index contributed by atoms with van der Waals surface area (Å²) in [6, 6.07) is 10.3. The fourth-order valence-electron chi connectivity index (χ4n) is 2.49. The first-order chi connectivity index (χ1) is 13.3. The Bertz CT molecular complexity index is 813. The standard InChI is InChI=1S/C13H14Cl2O3.C7H6Cl2O/c1-8-13(16)5-11(18-8)7-17-6-9-2-3-10(14)4-12(9)15;8-6-2-1-5(4-10)7(9)3-6/h2-4,8,11H,5-7H2,1H3;1-3,10H,4H2. The summed E-state index contributed by atoms with van der Waals surface area (Å²) in [5, 5.41) is 11.0. The minimum atomic E-state index is -0.308. The Hall–Kier alpha value is -0.850. The average Bonchev–Trinajstić information content (AvgIpc) is 2.95. The van der Waals surface area contributed by atoms with Gasteiger partial charge in [-0.2, -0.15) is 0 Å². The Kier molecular flexibility index (Phi) is 9.51. The molecular weight excluding hydrogens is 446 g/mol. The molecule has 28 heavy (non-hydrogen) atoms. The number of carbonyl (C=O) groups is 1. The van der Waals surface area contributed by atoms with Crippen molar-refractivity contribution in [1.29, 1.82) is 0 Å². The van der Waals surface area contributed by atoms with Crippen LogP contribution in [0.4, 0.5) is 0 Å². The highest BCUT2D eigenvalue weighted by molar-refractivity contribution is 6.35. The maximum absolute atomic E-state index is 11.3. The topological polar surface area (TPSA) is 55.8 Å². The normalized spacial score (nSPS) is 18.7. The molecule has 0 amide bonds. The predicted octanol–water partition coefficient (Wildman–Crippen LogP) is 5.74. The van der Waals surface area contributed by atoms with E-state index in [1.54, 1.807) is 37.3 Å². The molecule has 1 saturated heterocycles. The van der Waals surface area contributed by atoms with Crippen LogP contribution in [0.5, 0.6) is 0 Å². The maximum atomic E-state index is 11.3. The van der Waals surface area contributed by atoms with E-state index in [-0.39, 0.29) is 24.6 Å². The Labute approximate surface area is 184 Å². The van der Waals surface area contributed by atoms with Crippen LogP contribution < -0.4 is 0 Å². The summed E-state index contributed by atoms with van der Waals surface area (Å²) < 4.78 is 10.9. The van der Waals surface area contributed by atoms with Crippen LogP contribution in [0.25, 0.3) is 0 Å². The Morgan fingerprint density at radius 3 is 2.07 bits per heavy atom. The van der Waals surface area contributed by atoms with Gasteiger partial charge in [0, 0.05) is 26.5 Å². The van der Waals surface area contributed by atoms with Crippen molar-refractivity contribution in [3.63, 3.8) is 0 Å². The van der Waals surface area contributed by atoms with Crippen LogP contribution in [0.2, 0.25) is 20.1 Å². The average molecular weight is 466 g/mol. The van der Waals surface area contributed by atoms with Crippen molar-refractivity contribution in [2.45, 2.75) is 38.8 Å². The lowest BCUT2D eigenvalue weighted by Gasteiger charge is -2.11. The molecule has 0 saturated carbocycles. The molecule has 1 aliphatic rings. The number of hydrogen-bond acceptors (Lipinski definition) is 4. The van der Waals surface area contributed by atoms with Crippen molar-refractivity contribution in [3.05, 3.63) is 67.6 Å². The molecule has 0 bridgehead atoms. The predicted molar refractivity (Wildman–Crippen MR) is 112 cm³/mol. The second kappa shape index (κ2) is 11.4. The van der Waals surface area contributed by atoms with Crippen LogP contribution in [-0.2, 0) is 27.5 Å². The minimum Gasteiger partial charge on any atom is -0.392 e. The van der Waals surface area contributed by atoms with Crippen molar-refractivity contribution in [2.24, 2.45) is 0 Å². The van der Waals surface area contributed by atoms with E-state index in [2.05, 4.69) is 0 Å². The van der Waals surface area contributed by atoms with Gasteiger partial charge in [-0.3, -0.25) is 4.79 Å². The molecule has 0 radical (unpaired) electrons. The van der Waals surface area contributed by atoms with Crippen molar-refractivity contribution in [1.82, 2.24) is 0 Å².